The Morgan fingerprint density at radius 1 is 1.42 bits per heavy atom. The third-order valence-corrected chi connectivity index (χ3v) is 2.38. The lowest BCUT2D eigenvalue weighted by Crippen LogP contribution is -1.95. The topological polar surface area (TPSA) is 113 Å². The number of hydrogen-bond acceptors (Lipinski definition) is 6. The van der Waals surface area contributed by atoms with E-state index in [-0.39, 0.29) is 11.5 Å². The molecule has 0 aliphatic heterocycles. The molecule has 0 radical (unpaired) electrons. The number of phenols is 2. The zero-order chi connectivity index (χ0) is 14.2. The van der Waals surface area contributed by atoms with Crippen LogP contribution >= 0.6 is 0 Å². The SMILES string of the molecule is COc1cc(O)c(O)c(-c2cc(C(=O)O)no2)c1F. The molecule has 100 valence electrons. The highest BCUT2D eigenvalue weighted by atomic mass is 19.1. The number of rotatable bonds is 3. The van der Waals surface area contributed by atoms with Crippen molar-refractivity contribution < 1.29 is 33.8 Å². The summed E-state index contributed by atoms with van der Waals surface area (Å²) in [5.41, 5.74) is -0.993. The van der Waals surface area contributed by atoms with Crippen molar-refractivity contribution in [2.75, 3.05) is 7.11 Å². The number of carbonyl (C=O) groups is 1. The lowest BCUT2D eigenvalue weighted by Gasteiger charge is -2.08. The molecule has 0 saturated carbocycles. The predicted octanol–water partition coefficient (Wildman–Crippen LogP) is 1.60. The zero-order valence-electron chi connectivity index (χ0n) is 9.55. The Kier molecular flexibility index (Phi) is 2.99. The van der Waals surface area contributed by atoms with Gasteiger partial charge in [0.05, 0.1) is 7.11 Å². The summed E-state index contributed by atoms with van der Waals surface area (Å²) in [4.78, 5) is 10.7. The lowest BCUT2D eigenvalue weighted by molar-refractivity contribution is 0.0686. The van der Waals surface area contributed by atoms with Crippen LogP contribution < -0.4 is 4.74 Å². The van der Waals surface area contributed by atoms with Crippen LogP contribution in [0.3, 0.4) is 0 Å². The second-order valence-electron chi connectivity index (χ2n) is 3.52. The fourth-order valence-corrected chi connectivity index (χ4v) is 1.48. The molecule has 7 nitrogen and oxygen atoms in total. The van der Waals surface area contributed by atoms with Gasteiger partial charge in [-0.3, -0.25) is 0 Å². The van der Waals surface area contributed by atoms with E-state index < -0.39 is 34.5 Å². The van der Waals surface area contributed by atoms with E-state index in [9.17, 15) is 19.4 Å². The summed E-state index contributed by atoms with van der Waals surface area (Å²) in [6.45, 7) is 0. The van der Waals surface area contributed by atoms with Crippen LogP contribution in [0.4, 0.5) is 4.39 Å². The van der Waals surface area contributed by atoms with Crippen molar-refractivity contribution in [1.82, 2.24) is 5.16 Å². The summed E-state index contributed by atoms with van der Waals surface area (Å²) in [6, 6.07) is 1.79. The van der Waals surface area contributed by atoms with Gasteiger partial charge in [-0.2, -0.15) is 0 Å². The van der Waals surface area contributed by atoms with Crippen LogP contribution in [0.15, 0.2) is 16.7 Å². The first-order valence-corrected chi connectivity index (χ1v) is 4.94. The molecule has 0 unspecified atom stereocenters. The van der Waals surface area contributed by atoms with E-state index in [0.29, 0.717) is 0 Å². The maximum Gasteiger partial charge on any atom is 0.358 e. The number of carboxylic acid groups (broad SMARTS) is 1. The average Bonchev–Trinajstić information content (AvgIpc) is 2.83. The second kappa shape index (κ2) is 4.48. The molecule has 19 heavy (non-hydrogen) atoms. The highest BCUT2D eigenvalue weighted by molar-refractivity contribution is 5.87. The van der Waals surface area contributed by atoms with Gasteiger partial charge >= 0.3 is 5.97 Å². The van der Waals surface area contributed by atoms with Gasteiger partial charge in [-0.15, -0.1) is 0 Å². The molecule has 0 atom stereocenters. The molecule has 1 heterocycles. The number of aromatic nitrogens is 1. The van der Waals surface area contributed by atoms with Gasteiger partial charge in [-0.05, 0) is 0 Å². The molecule has 0 aliphatic rings. The molecule has 2 aromatic rings. The van der Waals surface area contributed by atoms with Gasteiger partial charge in [0.15, 0.2) is 34.5 Å². The molecule has 0 saturated heterocycles. The van der Waals surface area contributed by atoms with E-state index in [1.165, 1.54) is 7.11 Å². The van der Waals surface area contributed by atoms with Crippen LogP contribution in [-0.2, 0) is 0 Å². The summed E-state index contributed by atoms with van der Waals surface area (Å²) in [5.74, 6) is -4.50. The highest BCUT2D eigenvalue weighted by Crippen LogP contribution is 2.43. The summed E-state index contributed by atoms with van der Waals surface area (Å²) in [5, 5.41) is 30.9. The van der Waals surface area contributed by atoms with Gasteiger partial charge in [-0.25, -0.2) is 9.18 Å². The van der Waals surface area contributed by atoms with E-state index in [1.807, 2.05) is 0 Å². The summed E-state index contributed by atoms with van der Waals surface area (Å²) in [6.07, 6.45) is 0. The van der Waals surface area contributed by atoms with Crippen molar-refractivity contribution in [1.29, 1.82) is 0 Å². The zero-order valence-corrected chi connectivity index (χ0v) is 9.55. The predicted molar refractivity (Wildman–Crippen MR) is 58.7 cm³/mol. The van der Waals surface area contributed by atoms with Gasteiger partial charge in [0.1, 0.15) is 5.56 Å². The number of aromatic hydroxyl groups is 2. The maximum absolute atomic E-state index is 14.0. The molecule has 0 spiro atoms. The number of nitrogens with zero attached hydrogens (tertiary/aromatic N) is 1. The Morgan fingerprint density at radius 2 is 2.11 bits per heavy atom. The van der Waals surface area contributed by atoms with Crippen molar-refractivity contribution in [2.24, 2.45) is 0 Å². The number of aromatic carboxylic acids is 1. The van der Waals surface area contributed by atoms with Crippen LogP contribution in [0, 0.1) is 5.82 Å². The van der Waals surface area contributed by atoms with Crippen molar-refractivity contribution in [3.8, 4) is 28.6 Å². The number of ether oxygens (including phenoxy) is 1. The van der Waals surface area contributed by atoms with E-state index >= 15 is 0 Å². The van der Waals surface area contributed by atoms with Gasteiger partial charge < -0.3 is 24.6 Å². The molecule has 0 fully saturated rings. The minimum absolute atomic E-state index is 0.335. The smallest absolute Gasteiger partial charge is 0.358 e. The first-order valence-electron chi connectivity index (χ1n) is 4.94. The van der Waals surface area contributed by atoms with E-state index in [0.717, 1.165) is 12.1 Å². The Balaban J connectivity index is 2.66. The molecule has 3 N–H and O–H groups in total. The highest BCUT2D eigenvalue weighted by Gasteiger charge is 2.24. The normalized spacial score (nSPS) is 10.4. The lowest BCUT2D eigenvalue weighted by atomic mass is 10.1. The summed E-state index contributed by atoms with van der Waals surface area (Å²) < 4.78 is 23.3. The summed E-state index contributed by atoms with van der Waals surface area (Å²) in [7, 11) is 1.17. The average molecular weight is 269 g/mol. The molecule has 0 bridgehead atoms. The number of phenolic OH excluding ortho intramolecular Hbond substituents is 2. The van der Waals surface area contributed by atoms with Crippen molar-refractivity contribution >= 4 is 5.97 Å². The third kappa shape index (κ3) is 2.03. The molecule has 2 rings (SSSR count). The number of carboxylic acids is 1. The molecule has 1 aromatic carbocycles. The van der Waals surface area contributed by atoms with Crippen molar-refractivity contribution in [3.63, 3.8) is 0 Å². The van der Waals surface area contributed by atoms with Gasteiger partial charge in [-0.1, -0.05) is 5.16 Å². The van der Waals surface area contributed by atoms with Crippen LogP contribution in [0.1, 0.15) is 10.5 Å². The third-order valence-electron chi connectivity index (χ3n) is 2.38. The number of hydrogen-bond donors (Lipinski definition) is 3. The Morgan fingerprint density at radius 3 is 2.63 bits per heavy atom. The van der Waals surface area contributed by atoms with Crippen LogP contribution in [-0.4, -0.2) is 33.6 Å². The maximum atomic E-state index is 14.0. The monoisotopic (exact) mass is 269 g/mol. The minimum atomic E-state index is -1.37. The van der Waals surface area contributed by atoms with E-state index in [4.69, 9.17) is 5.11 Å². The van der Waals surface area contributed by atoms with Gasteiger partial charge in [0.25, 0.3) is 0 Å². The number of benzene rings is 1. The number of methoxy groups -OCH3 is 1. The molecular weight excluding hydrogens is 261 g/mol. The second-order valence-corrected chi connectivity index (χ2v) is 3.52. The Labute approximate surface area is 105 Å². The molecule has 0 aliphatic carbocycles. The molecule has 0 amide bonds. The first kappa shape index (κ1) is 12.7. The van der Waals surface area contributed by atoms with Crippen LogP contribution in [0.5, 0.6) is 17.2 Å². The molecular formula is C11H8FNO6. The Hall–Kier alpha value is -2.77. The fraction of sp³-hybridized carbons (Fsp3) is 0.0909. The largest absolute Gasteiger partial charge is 0.504 e. The van der Waals surface area contributed by atoms with Crippen molar-refractivity contribution in [3.05, 3.63) is 23.6 Å². The van der Waals surface area contributed by atoms with Crippen LogP contribution in [0.2, 0.25) is 0 Å². The first-order chi connectivity index (χ1) is 8.95. The quantitative estimate of drug-likeness (QED) is 0.725. The van der Waals surface area contributed by atoms with Gasteiger partial charge in [0.2, 0.25) is 0 Å². The van der Waals surface area contributed by atoms with Crippen molar-refractivity contribution in [2.45, 2.75) is 0 Å². The van der Waals surface area contributed by atoms with E-state index in [2.05, 4.69) is 14.4 Å². The standard InChI is InChI=1S/C11H8FNO6/c1-18-7-3-5(14)10(15)8(9(7)12)6-2-4(11(16)17)13-19-6/h2-3,14-15H,1H3,(H,16,17). The molecule has 1 aromatic heterocycles. The fourth-order valence-electron chi connectivity index (χ4n) is 1.48. The Bertz CT molecular complexity index is 651. The molecule has 8 heteroatoms. The number of halogens is 1. The van der Waals surface area contributed by atoms with Crippen LogP contribution in [0.25, 0.3) is 11.3 Å². The minimum Gasteiger partial charge on any atom is -0.504 e. The summed E-state index contributed by atoms with van der Waals surface area (Å²) >= 11 is 0. The van der Waals surface area contributed by atoms with Gasteiger partial charge in [0, 0.05) is 12.1 Å². The van der Waals surface area contributed by atoms with E-state index in [1.54, 1.807) is 0 Å².